The number of benzene rings is 2. The molecule has 4 heteroatoms. The summed E-state index contributed by atoms with van der Waals surface area (Å²) >= 11 is 0. The standard InChI is InChI=1S/C14H10N2O2/c17-14-10-16(15-18-14)13-9-5-4-8-12(13)11-6-2-1-3-7-11/h1-10H/p+1. The summed E-state index contributed by atoms with van der Waals surface area (Å²) in [5, 5.41) is 2.56. The van der Waals surface area contributed by atoms with Crippen molar-refractivity contribution in [2.75, 3.05) is 0 Å². The van der Waals surface area contributed by atoms with E-state index in [-0.39, 0.29) is 0 Å². The Labute approximate surface area is 103 Å². The lowest BCUT2D eigenvalue weighted by atomic mass is 10.0. The zero-order valence-electron chi connectivity index (χ0n) is 9.54. The molecule has 0 spiro atoms. The SMILES string of the molecule is O=c1c[n+](-c2ccccc2-c2ccccc2)[nH]o1. The summed E-state index contributed by atoms with van der Waals surface area (Å²) in [7, 11) is 0. The van der Waals surface area contributed by atoms with E-state index in [9.17, 15) is 4.79 Å². The van der Waals surface area contributed by atoms with E-state index in [1.165, 1.54) is 6.20 Å². The molecule has 0 saturated heterocycles. The Bertz CT molecular complexity index is 714. The Morgan fingerprint density at radius 2 is 1.67 bits per heavy atom. The highest BCUT2D eigenvalue weighted by atomic mass is 16.5. The smallest absolute Gasteiger partial charge is 0.283 e. The molecule has 0 unspecified atom stereocenters. The fourth-order valence-electron chi connectivity index (χ4n) is 1.92. The van der Waals surface area contributed by atoms with Gasteiger partial charge in [-0.05, 0) is 21.6 Å². The molecule has 0 bridgehead atoms. The molecular weight excluding hydrogens is 228 g/mol. The molecule has 0 aliphatic rings. The van der Waals surface area contributed by atoms with Crippen LogP contribution in [0.4, 0.5) is 0 Å². The number of hydrogen-bond acceptors (Lipinski definition) is 2. The number of para-hydroxylation sites is 1. The summed E-state index contributed by atoms with van der Waals surface area (Å²) < 4.78 is 6.27. The van der Waals surface area contributed by atoms with Gasteiger partial charge in [-0.25, -0.2) is 4.79 Å². The average molecular weight is 239 g/mol. The van der Waals surface area contributed by atoms with Crippen LogP contribution in [0.15, 0.2) is 70.1 Å². The summed E-state index contributed by atoms with van der Waals surface area (Å²) in [6, 6.07) is 17.8. The normalized spacial score (nSPS) is 10.4. The third-order valence-electron chi connectivity index (χ3n) is 2.73. The van der Waals surface area contributed by atoms with Gasteiger partial charge >= 0.3 is 5.63 Å². The van der Waals surface area contributed by atoms with Crippen LogP contribution in [0.1, 0.15) is 0 Å². The van der Waals surface area contributed by atoms with Gasteiger partial charge in [-0.15, -0.1) is 0 Å². The first-order valence-electron chi connectivity index (χ1n) is 5.59. The molecule has 18 heavy (non-hydrogen) atoms. The number of hydrogen-bond donors (Lipinski definition) is 1. The molecule has 0 radical (unpaired) electrons. The summed E-state index contributed by atoms with van der Waals surface area (Å²) in [6.45, 7) is 0. The fraction of sp³-hybridized carbons (Fsp3) is 0. The summed E-state index contributed by atoms with van der Waals surface area (Å²) in [5.74, 6) is 0. The third kappa shape index (κ3) is 1.84. The zero-order valence-corrected chi connectivity index (χ0v) is 9.54. The van der Waals surface area contributed by atoms with Gasteiger partial charge in [0.25, 0.3) is 6.20 Å². The highest BCUT2D eigenvalue weighted by Gasteiger charge is 2.16. The average Bonchev–Trinajstić information content (AvgIpc) is 2.86. The van der Waals surface area contributed by atoms with Gasteiger partial charge in [0, 0.05) is 6.07 Å². The van der Waals surface area contributed by atoms with E-state index in [1.807, 2.05) is 54.6 Å². The topological polar surface area (TPSA) is 49.9 Å². The van der Waals surface area contributed by atoms with Crippen molar-refractivity contribution in [3.05, 3.63) is 71.2 Å². The van der Waals surface area contributed by atoms with Gasteiger partial charge in [0.15, 0.2) is 0 Å². The number of aromatic nitrogens is 2. The first-order chi connectivity index (χ1) is 8.84. The van der Waals surface area contributed by atoms with Crippen LogP contribution in [0.2, 0.25) is 0 Å². The molecule has 1 N–H and O–H groups in total. The minimum absolute atomic E-state index is 0.405. The predicted molar refractivity (Wildman–Crippen MR) is 66.3 cm³/mol. The van der Waals surface area contributed by atoms with E-state index in [0.29, 0.717) is 0 Å². The number of nitrogens with zero attached hydrogens (tertiary/aromatic N) is 1. The molecule has 4 nitrogen and oxygen atoms in total. The van der Waals surface area contributed by atoms with Gasteiger partial charge in [0.2, 0.25) is 5.69 Å². The van der Waals surface area contributed by atoms with E-state index in [2.05, 4.69) is 5.27 Å². The maximum Gasteiger partial charge on any atom is 0.427 e. The second-order valence-corrected chi connectivity index (χ2v) is 3.89. The molecule has 3 aromatic rings. The van der Waals surface area contributed by atoms with Crippen molar-refractivity contribution < 1.29 is 9.20 Å². The van der Waals surface area contributed by atoms with Gasteiger partial charge in [0.1, 0.15) is 0 Å². The Hall–Kier alpha value is -2.62. The van der Waals surface area contributed by atoms with Crippen molar-refractivity contribution in [3.8, 4) is 16.8 Å². The molecular formula is C14H11N2O2+. The summed E-state index contributed by atoms with van der Waals surface area (Å²) in [4.78, 5) is 11.1. The van der Waals surface area contributed by atoms with Crippen LogP contribution < -0.4 is 10.3 Å². The van der Waals surface area contributed by atoms with Gasteiger partial charge < -0.3 is 0 Å². The Balaban J connectivity index is 2.20. The van der Waals surface area contributed by atoms with Gasteiger partial charge in [-0.1, -0.05) is 42.5 Å². The number of rotatable bonds is 2. The van der Waals surface area contributed by atoms with E-state index in [0.717, 1.165) is 16.8 Å². The molecule has 0 amide bonds. The van der Waals surface area contributed by atoms with Crippen LogP contribution in [-0.2, 0) is 0 Å². The first kappa shape index (κ1) is 10.5. The number of nitrogens with one attached hydrogen (secondary N) is 1. The monoisotopic (exact) mass is 239 g/mol. The molecule has 1 heterocycles. The zero-order chi connectivity index (χ0) is 12.4. The Morgan fingerprint density at radius 3 is 2.39 bits per heavy atom. The van der Waals surface area contributed by atoms with E-state index < -0.39 is 5.63 Å². The molecule has 0 atom stereocenters. The van der Waals surface area contributed by atoms with Crippen molar-refractivity contribution in [3.63, 3.8) is 0 Å². The predicted octanol–water partition coefficient (Wildman–Crippen LogP) is 1.91. The molecule has 0 aliphatic heterocycles. The van der Waals surface area contributed by atoms with Crippen molar-refractivity contribution in [2.24, 2.45) is 0 Å². The van der Waals surface area contributed by atoms with Gasteiger partial charge in [-0.2, -0.15) is 0 Å². The highest BCUT2D eigenvalue weighted by Crippen LogP contribution is 2.22. The maximum absolute atomic E-state index is 11.1. The second-order valence-electron chi connectivity index (χ2n) is 3.89. The summed E-state index contributed by atoms with van der Waals surface area (Å²) in [6.07, 6.45) is 1.38. The summed E-state index contributed by atoms with van der Waals surface area (Å²) in [5.41, 5.74) is 2.58. The number of aromatic amines is 1. The third-order valence-corrected chi connectivity index (χ3v) is 2.73. The minimum atomic E-state index is -0.405. The van der Waals surface area contributed by atoms with Crippen molar-refractivity contribution in [1.29, 1.82) is 0 Å². The quantitative estimate of drug-likeness (QED) is 0.694. The molecule has 3 rings (SSSR count). The van der Waals surface area contributed by atoms with Crippen molar-refractivity contribution in [1.82, 2.24) is 5.27 Å². The Kier molecular flexibility index (Phi) is 2.53. The molecule has 2 aromatic carbocycles. The van der Waals surface area contributed by atoms with Gasteiger partial charge in [-0.3, -0.25) is 4.52 Å². The lowest BCUT2D eigenvalue weighted by Gasteiger charge is -2.01. The molecule has 0 aliphatic carbocycles. The Morgan fingerprint density at radius 1 is 0.944 bits per heavy atom. The van der Waals surface area contributed by atoms with E-state index in [4.69, 9.17) is 4.52 Å². The van der Waals surface area contributed by atoms with Crippen molar-refractivity contribution >= 4 is 0 Å². The lowest BCUT2D eigenvalue weighted by molar-refractivity contribution is -0.669. The fourth-order valence-corrected chi connectivity index (χ4v) is 1.92. The van der Waals surface area contributed by atoms with Crippen LogP contribution in [-0.4, -0.2) is 5.27 Å². The first-order valence-corrected chi connectivity index (χ1v) is 5.59. The van der Waals surface area contributed by atoms with Crippen LogP contribution in [0.5, 0.6) is 0 Å². The van der Waals surface area contributed by atoms with Crippen LogP contribution >= 0.6 is 0 Å². The molecule has 88 valence electrons. The van der Waals surface area contributed by atoms with Gasteiger partial charge in [0.05, 0.1) is 5.56 Å². The minimum Gasteiger partial charge on any atom is -0.283 e. The molecule has 0 saturated carbocycles. The van der Waals surface area contributed by atoms with Crippen LogP contribution in [0.3, 0.4) is 0 Å². The maximum atomic E-state index is 11.1. The van der Waals surface area contributed by atoms with Crippen LogP contribution in [0, 0.1) is 0 Å². The van der Waals surface area contributed by atoms with Crippen molar-refractivity contribution in [2.45, 2.75) is 0 Å². The highest BCUT2D eigenvalue weighted by molar-refractivity contribution is 5.70. The largest absolute Gasteiger partial charge is 0.427 e. The van der Waals surface area contributed by atoms with E-state index >= 15 is 0 Å². The number of H-pyrrole nitrogens is 1. The second kappa shape index (κ2) is 4.33. The molecule has 0 fully saturated rings. The van der Waals surface area contributed by atoms with Crippen LogP contribution in [0.25, 0.3) is 16.8 Å². The van der Waals surface area contributed by atoms with E-state index in [1.54, 1.807) is 4.68 Å². The molecule has 1 aromatic heterocycles. The lowest BCUT2D eigenvalue weighted by Crippen LogP contribution is -2.32.